The normalized spacial score (nSPS) is 25.1. The molecule has 1 heterocycles. The number of hydrogen-bond donors (Lipinski definition) is 1. The second-order valence-electron chi connectivity index (χ2n) is 5.40. The molecule has 18 heavy (non-hydrogen) atoms. The fourth-order valence-corrected chi connectivity index (χ4v) is 2.55. The van der Waals surface area contributed by atoms with Crippen LogP contribution in [0.15, 0.2) is 24.3 Å². The summed E-state index contributed by atoms with van der Waals surface area (Å²) in [5, 5.41) is 3.62. The zero-order valence-electron chi connectivity index (χ0n) is 11.7. The summed E-state index contributed by atoms with van der Waals surface area (Å²) in [6, 6.07) is 8.37. The lowest BCUT2D eigenvalue weighted by Crippen LogP contribution is -2.58. The molecule has 1 saturated heterocycles. The van der Waals surface area contributed by atoms with Crippen LogP contribution in [0.2, 0.25) is 0 Å². The van der Waals surface area contributed by atoms with Crippen LogP contribution in [0.4, 0.5) is 0 Å². The summed E-state index contributed by atoms with van der Waals surface area (Å²) in [6.45, 7) is 8.88. The molecule has 2 rings (SSSR count). The Bertz CT molecular complexity index is 394. The van der Waals surface area contributed by atoms with Crippen molar-refractivity contribution in [2.24, 2.45) is 0 Å². The number of benzene rings is 1. The van der Waals surface area contributed by atoms with Gasteiger partial charge >= 0.3 is 0 Å². The van der Waals surface area contributed by atoms with Crippen LogP contribution in [-0.4, -0.2) is 37.2 Å². The third kappa shape index (κ3) is 3.24. The molecule has 0 saturated carbocycles. The van der Waals surface area contributed by atoms with Crippen molar-refractivity contribution < 1.29 is 4.74 Å². The number of nitrogens with zero attached hydrogens (tertiary/aromatic N) is 1. The summed E-state index contributed by atoms with van der Waals surface area (Å²) in [5.41, 5.74) is 1.59. The summed E-state index contributed by atoms with van der Waals surface area (Å²) in [4.78, 5) is 2.52. The molecule has 1 N–H and O–H groups in total. The molecule has 100 valence electrons. The second kappa shape index (κ2) is 5.72. The van der Waals surface area contributed by atoms with E-state index in [-0.39, 0.29) is 5.54 Å². The molecule has 0 aromatic heterocycles. The molecule has 0 spiro atoms. The minimum absolute atomic E-state index is 0.261. The first-order valence-corrected chi connectivity index (χ1v) is 6.75. The van der Waals surface area contributed by atoms with E-state index < -0.39 is 0 Å². The highest BCUT2D eigenvalue weighted by atomic mass is 16.5. The van der Waals surface area contributed by atoms with E-state index in [1.807, 2.05) is 6.07 Å². The first kappa shape index (κ1) is 13.4. The van der Waals surface area contributed by atoms with Gasteiger partial charge in [0.25, 0.3) is 0 Å². The number of piperazine rings is 1. The molecule has 0 aliphatic carbocycles. The Morgan fingerprint density at radius 2 is 2.28 bits per heavy atom. The van der Waals surface area contributed by atoms with E-state index >= 15 is 0 Å². The lowest BCUT2D eigenvalue weighted by molar-refractivity contribution is 0.133. The zero-order valence-corrected chi connectivity index (χ0v) is 11.7. The Balaban J connectivity index is 2.00. The van der Waals surface area contributed by atoms with Gasteiger partial charge in [0.1, 0.15) is 5.75 Å². The van der Waals surface area contributed by atoms with Gasteiger partial charge in [-0.3, -0.25) is 4.90 Å². The Kier molecular flexibility index (Phi) is 4.25. The average Bonchev–Trinajstić information content (AvgIpc) is 2.39. The van der Waals surface area contributed by atoms with Crippen LogP contribution in [0.25, 0.3) is 0 Å². The third-order valence-corrected chi connectivity index (χ3v) is 3.87. The fraction of sp³-hybridized carbons (Fsp3) is 0.600. The Labute approximate surface area is 110 Å². The van der Waals surface area contributed by atoms with Crippen LogP contribution in [0.3, 0.4) is 0 Å². The minimum Gasteiger partial charge on any atom is -0.497 e. The Hall–Kier alpha value is -1.06. The molecule has 1 aromatic carbocycles. The summed E-state index contributed by atoms with van der Waals surface area (Å²) >= 11 is 0. The van der Waals surface area contributed by atoms with Crippen LogP contribution in [0, 0.1) is 0 Å². The van der Waals surface area contributed by atoms with Crippen LogP contribution in [0.1, 0.15) is 25.8 Å². The SMILES string of the molecule is CCC1(C)CN(Cc2cccc(OC)c2)CCN1. The van der Waals surface area contributed by atoms with Gasteiger partial charge in [-0.15, -0.1) is 0 Å². The lowest BCUT2D eigenvalue weighted by atomic mass is 9.95. The van der Waals surface area contributed by atoms with Gasteiger partial charge in [-0.25, -0.2) is 0 Å². The summed E-state index contributed by atoms with van der Waals surface area (Å²) in [6.07, 6.45) is 1.17. The van der Waals surface area contributed by atoms with Gasteiger partial charge in [-0.05, 0) is 31.0 Å². The number of nitrogens with one attached hydrogen (secondary N) is 1. The molecule has 1 aliphatic rings. The highest BCUT2D eigenvalue weighted by molar-refractivity contribution is 5.28. The fourth-order valence-electron chi connectivity index (χ4n) is 2.55. The lowest BCUT2D eigenvalue weighted by Gasteiger charge is -2.41. The predicted molar refractivity (Wildman–Crippen MR) is 75.0 cm³/mol. The second-order valence-corrected chi connectivity index (χ2v) is 5.40. The molecule has 1 atom stereocenters. The zero-order chi connectivity index (χ0) is 13.0. The molecule has 1 fully saturated rings. The largest absolute Gasteiger partial charge is 0.497 e. The highest BCUT2D eigenvalue weighted by Crippen LogP contribution is 2.19. The summed E-state index contributed by atoms with van der Waals surface area (Å²) in [5.74, 6) is 0.945. The number of hydrogen-bond acceptors (Lipinski definition) is 3. The topological polar surface area (TPSA) is 24.5 Å². The van der Waals surface area contributed by atoms with Crippen molar-refractivity contribution in [3.05, 3.63) is 29.8 Å². The summed E-state index contributed by atoms with van der Waals surface area (Å²) in [7, 11) is 1.72. The predicted octanol–water partition coefficient (Wildman–Crippen LogP) is 2.27. The molecule has 1 aromatic rings. The van der Waals surface area contributed by atoms with Crippen molar-refractivity contribution in [1.82, 2.24) is 10.2 Å². The average molecular weight is 248 g/mol. The Morgan fingerprint density at radius 1 is 1.44 bits per heavy atom. The van der Waals surface area contributed by atoms with E-state index in [1.165, 1.54) is 12.0 Å². The van der Waals surface area contributed by atoms with Gasteiger partial charge in [0, 0.05) is 31.7 Å². The van der Waals surface area contributed by atoms with Crippen molar-refractivity contribution in [1.29, 1.82) is 0 Å². The maximum Gasteiger partial charge on any atom is 0.119 e. The molecule has 0 bridgehead atoms. The van der Waals surface area contributed by atoms with Gasteiger partial charge in [0.15, 0.2) is 0 Å². The maximum absolute atomic E-state index is 5.28. The van der Waals surface area contributed by atoms with Gasteiger partial charge in [-0.2, -0.15) is 0 Å². The van der Waals surface area contributed by atoms with Gasteiger partial charge in [0.2, 0.25) is 0 Å². The van der Waals surface area contributed by atoms with E-state index in [0.29, 0.717) is 0 Å². The van der Waals surface area contributed by atoms with Crippen LogP contribution < -0.4 is 10.1 Å². The first-order chi connectivity index (χ1) is 8.65. The smallest absolute Gasteiger partial charge is 0.119 e. The molecular formula is C15H24N2O. The van der Waals surface area contributed by atoms with Gasteiger partial charge in [0.05, 0.1) is 7.11 Å². The standard InChI is InChI=1S/C15H24N2O/c1-4-15(2)12-17(9-8-16-15)11-13-6-5-7-14(10-13)18-3/h5-7,10,16H,4,8-9,11-12H2,1-3H3. The monoisotopic (exact) mass is 248 g/mol. The Morgan fingerprint density at radius 3 is 3.00 bits per heavy atom. The molecular weight excluding hydrogens is 224 g/mol. The maximum atomic E-state index is 5.28. The van der Waals surface area contributed by atoms with E-state index in [4.69, 9.17) is 4.74 Å². The number of methoxy groups -OCH3 is 1. The first-order valence-electron chi connectivity index (χ1n) is 6.75. The molecule has 1 aliphatic heterocycles. The third-order valence-electron chi connectivity index (χ3n) is 3.87. The summed E-state index contributed by atoms with van der Waals surface area (Å²) < 4.78 is 5.28. The van der Waals surface area contributed by atoms with Crippen molar-refractivity contribution in [2.75, 3.05) is 26.7 Å². The van der Waals surface area contributed by atoms with Crippen molar-refractivity contribution in [3.63, 3.8) is 0 Å². The van der Waals surface area contributed by atoms with E-state index in [1.54, 1.807) is 7.11 Å². The van der Waals surface area contributed by atoms with Crippen molar-refractivity contribution in [3.8, 4) is 5.75 Å². The molecule has 0 amide bonds. The highest BCUT2D eigenvalue weighted by Gasteiger charge is 2.28. The minimum atomic E-state index is 0.261. The van der Waals surface area contributed by atoms with Crippen LogP contribution >= 0.6 is 0 Å². The van der Waals surface area contributed by atoms with Crippen molar-refractivity contribution >= 4 is 0 Å². The van der Waals surface area contributed by atoms with Crippen LogP contribution in [-0.2, 0) is 6.54 Å². The van der Waals surface area contributed by atoms with Crippen molar-refractivity contribution in [2.45, 2.75) is 32.4 Å². The van der Waals surface area contributed by atoms with Gasteiger partial charge < -0.3 is 10.1 Å². The van der Waals surface area contributed by atoms with E-state index in [9.17, 15) is 0 Å². The molecule has 3 nitrogen and oxygen atoms in total. The molecule has 3 heteroatoms. The quantitative estimate of drug-likeness (QED) is 0.884. The molecule has 1 unspecified atom stereocenters. The molecule has 0 radical (unpaired) electrons. The van der Waals surface area contributed by atoms with Gasteiger partial charge in [-0.1, -0.05) is 19.1 Å². The number of rotatable bonds is 4. The van der Waals surface area contributed by atoms with E-state index in [2.05, 4.69) is 42.3 Å². The van der Waals surface area contributed by atoms with Crippen LogP contribution in [0.5, 0.6) is 5.75 Å². The number of ether oxygens (including phenoxy) is 1. The van der Waals surface area contributed by atoms with E-state index in [0.717, 1.165) is 31.9 Å².